The summed E-state index contributed by atoms with van der Waals surface area (Å²) in [6, 6.07) is 6.66. The zero-order chi connectivity index (χ0) is 13.0. The van der Waals surface area contributed by atoms with Crippen molar-refractivity contribution in [1.29, 1.82) is 0 Å². The number of halogens is 2. The van der Waals surface area contributed by atoms with Crippen LogP contribution in [0.15, 0.2) is 30.5 Å². The third kappa shape index (κ3) is 2.91. The molecule has 0 amide bonds. The van der Waals surface area contributed by atoms with Gasteiger partial charge in [-0.1, -0.05) is 31.4 Å². The van der Waals surface area contributed by atoms with E-state index >= 15 is 0 Å². The average molecular weight is 267 g/mol. The number of unbranched alkanes of at least 4 members (excludes halogenated alkanes) is 2. The number of benzene rings is 1. The molecule has 0 fully saturated rings. The molecule has 2 aromatic rings. The lowest BCUT2D eigenvalue weighted by atomic mass is 10.1. The highest BCUT2D eigenvalue weighted by Gasteiger charge is 2.07. The SMILES string of the molecule is CCCCCc1ccnn1-c1ccc(F)c(Cl)c1. The van der Waals surface area contributed by atoms with Crippen LogP contribution in [0.1, 0.15) is 31.9 Å². The van der Waals surface area contributed by atoms with Crippen LogP contribution in [0.3, 0.4) is 0 Å². The summed E-state index contributed by atoms with van der Waals surface area (Å²) in [4.78, 5) is 0. The van der Waals surface area contributed by atoms with E-state index in [2.05, 4.69) is 12.0 Å². The van der Waals surface area contributed by atoms with Crippen LogP contribution in [0.2, 0.25) is 5.02 Å². The van der Waals surface area contributed by atoms with Gasteiger partial charge in [0.05, 0.1) is 10.7 Å². The Bertz CT molecular complexity index is 522. The molecule has 1 heterocycles. The van der Waals surface area contributed by atoms with Crippen molar-refractivity contribution in [3.63, 3.8) is 0 Å². The van der Waals surface area contributed by atoms with Gasteiger partial charge < -0.3 is 0 Å². The van der Waals surface area contributed by atoms with Gasteiger partial charge in [-0.3, -0.25) is 0 Å². The zero-order valence-electron chi connectivity index (χ0n) is 10.4. The molecule has 1 aromatic carbocycles. The third-order valence-electron chi connectivity index (χ3n) is 2.91. The van der Waals surface area contributed by atoms with Crippen molar-refractivity contribution in [2.24, 2.45) is 0 Å². The van der Waals surface area contributed by atoms with Gasteiger partial charge in [-0.15, -0.1) is 0 Å². The molecule has 0 saturated carbocycles. The smallest absolute Gasteiger partial charge is 0.141 e. The number of rotatable bonds is 5. The number of aromatic nitrogens is 2. The summed E-state index contributed by atoms with van der Waals surface area (Å²) in [6.45, 7) is 2.18. The van der Waals surface area contributed by atoms with Crippen LogP contribution in [0.25, 0.3) is 5.69 Å². The topological polar surface area (TPSA) is 17.8 Å². The zero-order valence-corrected chi connectivity index (χ0v) is 11.1. The van der Waals surface area contributed by atoms with Gasteiger partial charge in [0.1, 0.15) is 5.82 Å². The van der Waals surface area contributed by atoms with Crippen molar-refractivity contribution in [1.82, 2.24) is 9.78 Å². The number of nitrogens with zero attached hydrogens (tertiary/aromatic N) is 2. The van der Waals surface area contributed by atoms with Crippen molar-refractivity contribution in [3.05, 3.63) is 47.0 Å². The molecule has 18 heavy (non-hydrogen) atoms. The van der Waals surface area contributed by atoms with Crippen LogP contribution in [-0.2, 0) is 6.42 Å². The van der Waals surface area contributed by atoms with E-state index in [4.69, 9.17) is 11.6 Å². The Labute approximate surface area is 111 Å². The molecule has 0 spiro atoms. The minimum Gasteiger partial charge on any atom is -0.238 e. The van der Waals surface area contributed by atoms with Gasteiger partial charge >= 0.3 is 0 Å². The largest absolute Gasteiger partial charge is 0.238 e. The maximum Gasteiger partial charge on any atom is 0.141 e. The highest BCUT2D eigenvalue weighted by atomic mass is 35.5. The minimum absolute atomic E-state index is 0.127. The van der Waals surface area contributed by atoms with Crippen LogP contribution >= 0.6 is 11.6 Å². The molecule has 0 aliphatic heterocycles. The van der Waals surface area contributed by atoms with Crippen LogP contribution in [0, 0.1) is 5.82 Å². The van der Waals surface area contributed by atoms with Gasteiger partial charge in [0.25, 0.3) is 0 Å². The van der Waals surface area contributed by atoms with Crippen molar-refractivity contribution < 1.29 is 4.39 Å². The maximum absolute atomic E-state index is 13.1. The van der Waals surface area contributed by atoms with Gasteiger partial charge in [0.2, 0.25) is 0 Å². The van der Waals surface area contributed by atoms with E-state index in [1.54, 1.807) is 18.3 Å². The van der Waals surface area contributed by atoms with Crippen molar-refractivity contribution in [3.8, 4) is 5.69 Å². The van der Waals surface area contributed by atoms with Crippen LogP contribution < -0.4 is 0 Å². The summed E-state index contributed by atoms with van der Waals surface area (Å²) in [7, 11) is 0. The second-order valence-corrected chi connectivity index (χ2v) is 4.70. The van der Waals surface area contributed by atoms with Crippen LogP contribution in [0.4, 0.5) is 4.39 Å². The van der Waals surface area contributed by atoms with Gasteiger partial charge in [-0.2, -0.15) is 5.10 Å². The maximum atomic E-state index is 13.1. The lowest BCUT2D eigenvalue weighted by molar-refractivity contribution is 0.626. The molecule has 0 aliphatic carbocycles. The average Bonchev–Trinajstić information content (AvgIpc) is 2.81. The fraction of sp³-hybridized carbons (Fsp3) is 0.357. The minimum atomic E-state index is -0.403. The molecule has 0 bridgehead atoms. The molecule has 0 atom stereocenters. The first-order chi connectivity index (χ1) is 8.72. The Morgan fingerprint density at radius 2 is 2.11 bits per heavy atom. The van der Waals surface area contributed by atoms with E-state index in [1.165, 1.54) is 18.9 Å². The first-order valence-corrected chi connectivity index (χ1v) is 6.58. The lowest BCUT2D eigenvalue weighted by Crippen LogP contribution is -2.02. The molecule has 1 aromatic heterocycles. The molecule has 0 radical (unpaired) electrons. The second-order valence-electron chi connectivity index (χ2n) is 4.29. The first kappa shape index (κ1) is 13.1. The van der Waals surface area contributed by atoms with Gasteiger partial charge in [0.15, 0.2) is 0 Å². The molecular weight excluding hydrogens is 251 g/mol. The Kier molecular flexibility index (Phi) is 4.37. The van der Waals surface area contributed by atoms with E-state index in [1.807, 2.05) is 10.7 Å². The predicted molar refractivity (Wildman–Crippen MR) is 71.8 cm³/mol. The molecule has 2 nitrogen and oxygen atoms in total. The fourth-order valence-electron chi connectivity index (χ4n) is 1.93. The quantitative estimate of drug-likeness (QED) is 0.734. The van der Waals surface area contributed by atoms with Crippen LogP contribution in [-0.4, -0.2) is 9.78 Å². The fourth-order valence-corrected chi connectivity index (χ4v) is 2.10. The van der Waals surface area contributed by atoms with E-state index in [9.17, 15) is 4.39 Å². The van der Waals surface area contributed by atoms with Crippen LogP contribution in [0.5, 0.6) is 0 Å². The molecule has 0 unspecified atom stereocenters. The molecule has 4 heteroatoms. The Morgan fingerprint density at radius 3 is 2.83 bits per heavy atom. The standard InChI is InChI=1S/C14H16ClFN2/c1-2-3-4-5-11-8-9-17-18(11)12-6-7-14(16)13(15)10-12/h6-10H,2-5H2,1H3. The van der Waals surface area contributed by atoms with E-state index in [0.717, 1.165) is 24.2 Å². The highest BCUT2D eigenvalue weighted by molar-refractivity contribution is 6.30. The number of hydrogen-bond acceptors (Lipinski definition) is 1. The van der Waals surface area contributed by atoms with Gasteiger partial charge in [0, 0.05) is 11.9 Å². The lowest BCUT2D eigenvalue weighted by Gasteiger charge is -2.08. The summed E-state index contributed by atoms with van der Waals surface area (Å²) in [5.74, 6) is -0.403. The normalized spacial score (nSPS) is 10.8. The highest BCUT2D eigenvalue weighted by Crippen LogP contribution is 2.20. The van der Waals surface area contributed by atoms with Crippen molar-refractivity contribution in [2.75, 3.05) is 0 Å². The second kappa shape index (κ2) is 6.01. The molecule has 96 valence electrons. The summed E-state index contributed by atoms with van der Waals surface area (Å²) in [6.07, 6.45) is 6.27. The summed E-state index contributed by atoms with van der Waals surface area (Å²) < 4.78 is 14.9. The summed E-state index contributed by atoms with van der Waals surface area (Å²) in [5, 5.41) is 4.40. The van der Waals surface area contributed by atoms with Gasteiger partial charge in [-0.25, -0.2) is 9.07 Å². The molecule has 0 aliphatic rings. The van der Waals surface area contributed by atoms with E-state index < -0.39 is 5.82 Å². The molecular formula is C14H16ClFN2. The molecule has 0 N–H and O–H groups in total. The number of hydrogen-bond donors (Lipinski definition) is 0. The number of aryl methyl sites for hydroxylation is 1. The predicted octanol–water partition coefficient (Wildman–Crippen LogP) is 4.40. The van der Waals surface area contributed by atoms with Gasteiger partial charge in [-0.05, 0) is 37.1 Å². The van der Waals surface area contributed by atoms with Crippen molar-refractivity contribution in [2.45, 2.75) is 32.6 Å². The van der Waals surface area contributed by atoms with E-state index in [-0.39, 0.29) is 5.02 Å². The monoisotopic (exact) mass is 266 g/mol. The first-order valence-electron chi connectivity index (χ1n) is 6.20. The Hall–Kier alpha value is -1.35. The third-order valence-corrected chi connectivity index (χ3v) is 3.19. The summed E-state index contributed by atoms with van der Waals surface area (Å²) in [5.41, 5.74) is 1.93. The van der Waals surface area contributed by atoms with E-state index in [0.29, 0.717) is 0 Å². The molecule has 0 saturated heterocycles. The molecule has 2 rings (SSSR count). The Morgan fingerprint density at radius 1 is 1.28 bits per heavy atom. The Balaban J connectivity index is 2.22. The van der Waals surface area contributed by atoms with Crippen molar-refractivity contribution >= 4 is 11.6 Å². The summed E-state index contributed by atoms with van der Waals surface area (Å²) >= 11 is 5.79.